The van der Waals surface area contributed by atoms with Crippen LogP contribution in [0.25, 0.3) is 0 Å². The lowest BCUT2D eigenvalue weighted by Crippen LogP contribution is -2.36. The second-order valence-corrected chi connectivity index (χ2v) is 7.36. The number of amides is 1. The summed E-state index contributed by atoms with van der Waals surface area (Å²) in [4.78, 5) is 25.6. The first-order chi connectivity index (χ1) is 13.2. The molecule has 2 aromatic rings. The van der Waals surface area contributed by atoms with Crippen molar-refractivity contribution >= 4 is 11.9 Å². The van der Waals surface area contributed by atoms with Gasteiger partial charge in [0.1, 0.15) is 0 Å². The van der Waals surface area contributed by atoms with E-state index in [-0.39, 0.29) is 23.8 Å². The number of aryl methyl sites for hydroxylation is 1. The van der Waals surface area contributed by atoms with Gasteiger partial charge in [0.15, 0.2) is 0 Å². The molecule has 0 aliphatic heterocycles. The molecule has 2 aliphatic carbocycles. The van der Waals surface area contributed by atoms with Crippen molar-refractivity contribution in [2.24, 2.45) is 5.92 Å². The Hall–Kier alpha value is -2.62. The fourth-order valence-electron chi connectivity index (χ4n) is 4.46. The fourth-order valence-corrected chi connectivity index (χ4v) is 4.46. The van der Waals surface area contributed by atoms with Crippen molar-refractivity contribution in [1.29, 1.82) is 0 Å². The van der Waals surface area contributed by atoms with Crippen LogP contribution in [0.15, 0.2) is 42.5 Å². The van der Waals surface area contributed by atoms with E-state index < -0.39 is 0 Å². The molecular formula is C23H25NO3. The number of rotatable bonds is 4. The van der Waals surface area contributed by atoms with E-state index in [9.17, 15) is 9.59 Å². The van der Waals surface area contributed by atoms with E-state index in [4.69, 9.17) is 4.74 Å². The first-order valence-corrected chi connectivity index (χ1v) is 9.85. The molecule has 4 heteroatoms. The summed E-state index contributed by atoms with van der Waals surface area (Å²) in [6.07, 6.45) is 4.89. The predicted octanol–water partition coefficient (Wildman–Crippen LogP) is 3.77. The van der Waals surface area contributed by atoms with Crippen LogP contribution in [0.5, 0.6) is 0 Å². The maximum Gasteiger partial charge on any atom is 0.311 e. The van der Waals surface area contributed by atoms with Gasteiger partial charge >= 0.3 is 5.97 Å². The van der Waals surface area contributed by atoms with E-state index in [1.807, 2.05) is 43.3 Å². The highest BCUT2D eigenvalue weighted by Crippen LogP contribution is 2.37. The summed E-state index contributed by atoms with van der Waals surface area (Å²) in [6, 6.07) is 13.6. The van der Waals surface area contributed by atoms with Crippen LogP contribution in [-0.2, 0) is 28.8 Å². The lowest BCUT2D eigenvalue weighted by molar-refractivity contribution is -0.148. The van der Waals surface area contributed by atoms with E-state index >= 15 is 0 Å². The molecular weight excluding hydrogens is 338 g/mol. The van der Waals surface area contributed by atoms with Gasteiger partial charge in [0, 0.05) is 5.56 Å². The summed E-state index contributed by atoms with van der Waals surface area (Å²) >= 11 is 0. The van der Waals surface area contributed by atoms with Crippen molar-refractivity contribution in [3.63, 3.8) is 0 Å². The summed E-state index contributed by atoms with van der Waals surface area (Å²) in [5.41, 5.74) is 5.33. The van der Waals surface area contributed by atoms with Gasteiger partial charge in [-0.05, 0) is 67.3 Å². The third-order valence-electron chi connectivity index (χ3n) is 5.75. The zero-order valence-corrected chi connectivity index (χ0v) is 15.7. The molecule has 0 saturated heterocycles. The van der Waals surface area contributed by atoms with Gasteiger partial charge in [-0.3, -0.25) is 9.59 Å². The van der Waals surface area contributed by atoms with Crippen LogP contribution < -0.4 is 5.32 Å². The molecule has 4 nitrogen and oxygen atoms in total. The molecule has 4 rings (SSSR count). The summed E-state index contributed by atoms with van der Waals surface area (Å²) in [5, 5.41) is 3.15. The van der Waals surface area contributed by atoms with Crippen molar-refractivity contribution in [3.05, 3.63) is 70.3 Å². The molecule has 1 amide bonds. The maximum absolute atomic E-state index is 13.1. The SMILES string of the molecule is CCOC(=O)C1Cc2ccccc2C1NC(=O)c1cccc2c1CCCC2. The van der Waals surface area contributed by atoms with Crippen molar-refractivity contribution < 1.29 is 14.3 Å². The van der Waals surface area contributed by atoms with Gasteiger partial charge in [-0.15, -0.1) is 0 Å². The molecule has 0 spiro atoms. The van der Waals surface area contributed by atoms with Crippen LogP contribution in [0.1, 0.15) is 58.4 Å². The first-order valence-electron chi connectivity index (χ1n) is 9.85. The van der Waals surface area contributed by atoms with Crippen LogP contribution >= 0.6 is 0 Å². The van der Waals surface area contributed by atoms with Gasteiger partial charge in [-0.1, -0.05) is 36.4 Å². The van der Waals surface area contributed by atoms with Crippen molar-refractivity contribution in [2.45, 2.75) is 45.1 Å². The Morgan fingerprint density at radius 1 is 1.04 bits per heavy atom. The predicted molar refractivity (Wildman–Crippen MR) is 104 cm³/mol. The summed E-state index contributed by atoms with van der Waals surface area (Å²) < 4.78 is 5.27. The minimum absolute atomic E-state index is 0.0928. The molecule has 0 radical (unpaired) electrons. The second kappa shape index (κ2) is 7.55. The lowest BCUT2D eigenvalue weighted by Gasteiger charge is -2.23. The molecule has 1 N–H and O–H groups in total. The number of esters is 1. The quantitative estimate of drug-likeness (QED) is 0.841. The molecule has 0 heterocycles. The molecule has 0 bridgehead atoms. The Morgan fingerprint density at radius 2 is 1.81 bits per heavy atom. The van der Waals surface area contributed by atoms with Crippen LogP contribution in [-0.4, -0.2) is 18.5 Å². The molecule has 27 heavy (non-hydrogen) atoms. The Balaban J connectivity index is 1.63. The Kier molecular flexibility index (Phi) is 4.97. The molecule has 0 aromatic heterocycles. The Bertz CT molecular complexity index is 874. The number of fused-ring (bicyclic) bond motifs is 2. The standard InChI is InChI=1S/C23H25NO3/c1-2-27-23(26)20-14-16-9-4-6-12-18(16)21(20)24-22(25)19-13-7-10-15-8-3-5-11-17(15)19/h4,6-7,9-10,12-13,20-21H,2-3,5,8,11,14H2,1H3,(H,24,25). The van der Waals surface area contributed by atoms with Gasteiger partial charge in [-0.25, -0.2) is 0 Å². The average Bonchev–Trinajstić information content (AvgIpc) is 3.06. The van der Waals surface area contributed by atoms with Gasteiger partial charge in [0.25, 0.3) is 5.91 Å². The van der Waals surface area contributed by atoms with Gasteiger partial charge in [0.2, 0.25) is 0 Å². The van der Waals surface area contributed by atoms with Crippen molar-refractivity contribution in [3.8, 4) is 0 Å². The van der Waals surface area contributed by atoms with E-state index in [1.165, 1.54) is 17.5 Å². The first kappa shape index (κ1) is 17.8. The topological polar surface area (TPSA) is 55.4 Å². The van der Waals surface area contributed by atoms with Crippen LogP contribution in [0.4, 0.5) is 0 Å². The minimum Gasteiger partial charge on any atom is -0.466 e. The third-order valence-corrected chi connectivity index (χ3v) is 5.75. The molecule has 0 saturated carbocycles. The molecule has 2 aliphatic rings. The fraction of sp³-hybridized carbons (Fsp3) is 0.391. The summed E-state index contributed by atoms with van der Waals surface area (Å²) in [7, 11) is 0. The van der Waals surface area contributed by atoms with Crippen molar-refractivity contribution in [2.75, 3.05) is 6.61 Å². The van der Waals surface area contributed by atoms with Crippen LogP contribution in [0, 0.1) is 5.92 Å². The molecule has 2 aromatic carbocycles. The normalized spacial score (nSPS) is 20.5. The summed E-state index contributed by atoms with van der Waals surface area (Å²) in [5.74, 6) is -0.704. The minimum atomic E-state index is -0.370. The van der Waals surface area contributed by atoms with E-state index in [0.717, 1.165) is 36.0 Å². The van der Waals surface area contributed by atoms with Gasteiger partial charge in [-0.2, -0.15) is 0 Å². The highest BCUT2D eigenvalue weighted by atomic mass is 16.5. The maximum atomic E-state index is 13.1. The average molecular weight is 363 g/mol. The van der Waals surface area contributed by atoms with E-state index in [0.29, 0.717) is 13.0 Å². The summed E-state index contributed by atoms with van der Waals surface area (Å²) in [6.45, 7) is 2.16. The smallest absolute Gasteiger partial charge is 0.311 e. The monoisotopic (exact) mass is 363 g/mol. The third kappa shape index (κ3) is 3.36. The lowest BCUT2D eigenvalue weighted by atomic mass is 9.88. The highest BCUT2D eigenvalue weighted by molar-refractivity contribution is 5.97. The van der Waals surface area contributed by atoms with E-state index in [1.54, 1.807) is 0 Å². The van der Waals surface area contributed by atoms with Gasteiger partial charge < -0.3 is 10.1 Å². The zero-order valence-electron chi connectivity index (χ0n) is 15.7. The number of hydrogen-bond acceptors (Lipinski definition) is 3. The number of nitrogens with one attached hydrogen (secondary N) is 1. The second-order valence-electron chi connectivity index (χ2n) is 7.36. The van der Waals surface area contributed by atoms with E-state index in [2.05, 4.69) is 11.4 Å². The highest BCUT2D eigenvalue weighted by Gasteiger charge is 2.39. The van der Waals surface area contributed by atoms with Crippen LogP contribution in [0.2, 0.25) is 0 Å². The number of carbonyl (C=O) groups excluding carboxylic acids is 2. The molecule has 2 atom stereocenters. The van der Waals surface area contributed by atoms with Crippen molar-refractivity contribution in [1.82, 2.24) is 5.32 Å². The molecule has 2 unspecified atom stereocenters. The Labute approximate surface area is 159 Å². The van der Waals surface area contributed by atoms with Gasteiger partial charge in [0.05, 0.1) is 18.6 Å². The number of benzene rings is 2. The number of hydrogen-bond donors (Lipinski definition) is 1. The Morgan fingerprint density at radius 3 is 2.67 bits per heavy atom. The zero-order chi connectivity index (χ0) is 18.8. The van der Waals surface area contributed by atoms with Crippen LogP contribution in [0.3, 0.4) is 0 Å². The number of carbonyl (C=O) groups is 2. The molecule has 140 valence electrons. The largest absolute Gasteiger partial charge is 0.466 e. The molecule has 0 fully saturated rings. The number of ether oxygens (including phenoxy) is 1.